The average molecular weight is 481 g/mol. The van der Waals surface area contributed by atoms with E-state index >= 15 is 0 Å². The van der Waals surface area contributed by atoms with Crippen LogP contribution in [-0.4, -0.2) is 38.8 Å². The highest BCUT2D eigenvalue weighted by molar-refractivity contribution is 7.79. The van der Waals surface area contributed by atoms with Crippen LogP contribution in [0.2, 0.25) is 18.1 Å². The predicted molar refractivity (Wildman–Crippen MR) is 136 cm³/mol. The maximum absolute atomic E-state index is 11.8. The summed E-state index contributed by atoms with van der Waals surface area (Å²) in [5, 5.41) is 0.187. The largest absolute Gasteiger partial charge is 0.463 e. The minimum Gasteiger partial charge on any atom is -0.463 e. The van der Waals surface area contributed by atoms with Crippen LogP contribution in [0.3, 0.4) is 0 Å². The number of thiocarbonyl (C=S) groups is 1. The third kappa shape index (κ3) is 9.84. The number of allylic oxidation sites excluding steroid dienone is 1. The molecule has 32 heavy (non-hydrogen) atoms. The van der Waals surface area contributed by atoms with Crippen LogP contribution < -0.4 is 4.74 Å². The number of ether oxygens (including phenoxy) is 3. The molecule has 0 amide bonds. The van der Waals surface area contributed by atoms with Crippen molar-refractivity contribution in [1.29, 1.82) is 0 Å². The van der Waals surface area contributed by atoms with Crippen LogP contribution in [0.5, 0.6) is 5.75 Å². The molecular formula is C25H40O5SSi. The Labute approximate surface area is 200 Å². The fourth-order valence-electron chi connectivity index (χ4n) is 2.63. The Balaban J connectivity index is 2.82. The lowest BCUT2D eigenvalue weighted by molar-refractivity contribution is -0.138. The molecule has 0 spiro atoms. The first-order valence-corrected chi connectivity index (χ1v) is 14.6. The molecule has 0 aliphatic heterocycles. The van der Waals surface area contributed by atoms with E-state index in [1.807, 2.05) is 36.4 Å². The summed E-state index contributed by atoms with van der Waals surface area (Å²) in [4.78, 5) is 11.8. The van der Waals surface area contributed by atoms with E-state index in [1.165, 1.54) is 0 Å². The molecule has 0 aliphatic carbocycles. The number of para-hydroxylation sites is 1. The Morgan fingerprint density at radius 1 is 1.19 bits per heavy atom. The lowest BCUT2D eigenvalue weighted by atomic mass is 9.98. The fraction of sp³-hybridized carbons (Fsp3) is 0.600. The van der Waals surface area contributed by atoms with Crippen molar-refractivity contribution >= 4 is 31.7 Å². The number of carbonyl (C=O) groups excluding carboxylic acids is 1. The maximum Gasteiger partial charge on any atom is 0.358 e. The molecule has 0 bridgehead atoms. The highest BCUT2D eigenvalue weighted by Crippen LogP contribution is 2.37. The van der Waals surface area contributed by atoms with Gasteiger partial charge >= 0.3 is 11.2 Å². The molecule has 0 radical (unpaired) electrons. The minimum absolute atomic E-state index is 0.0881. The topological polar surface area (TPSA) is 54.0 Å². The van der Waals surface area contributed by atoms with Gasteiger partial charge in [0.2, 0.25) is 0 Å². The molecule has 5 nitrogen and oxygen atoms in total. The molecule has 0 unspecified atom stereocenters. The van der Waals surface area contributed by atoms with Crippen molar-refractivity contribution in [3.8, 4) is 5.75 Å². The summed E-state index contributed by atoms with van der Waals surface area (Å²) in [6, 6.07) is 9.36. The van der Waals surface area contributed by atoms with Gasteiger partial charge in [-0.3, -0.25) is 0 Å². The van der Waals surface area contributed by atoms with Gasteiger partial charge in [0.05, 0.1) is 13.2 Å². The Bertz CT molecular complexity index is 755. The normalized spacial score (nSPS) is 14.4. The number of hydrogen-bond donors (Lipinski definition) is 0. The number of hydrogen-bond acceptors (Lipinski definition) is 6. The molecule has 1 aromatic rings. The maximum atomic E-state index is 11.8. The molecule has 7 heteroatoms. The third-order valence-electron chi connectivity index (χ3n) is 5.91. The number of benzene rings is 1. The first kappa shape index (κ1) is 28.3. The van der Waals surface area contributed by atoms with Crippen LogP contribution in [0.1, 0.15) is 54.4 Å². The summed E-state index contributed by atoms with van der Waals surface area (Å²) in [5.74, 6) is 0.511. The van der Waals surface area contributed by atoms with Gasteiger partial charge in [-0.25, -0.2) is 4.79 Å². The highest BCUT2D eigenvalue weighted by Gasteiger charge is 2.38. The standard InChI is InChI=1S/C25H40O5SSi/c1-9-27-23(26)20(3)15-13-14-19(2)22(18-28-32(7,8)25(4,5)6)30-24(31)29-21-16-11-10-12-17-21/h10-12,15-17,19,22H,9,13-14,18H2,1-8H3/b20-15+/t19-,22+/m0/s1. The molecule has 0 fully saturated rings. The fourth-order valence-corrected chi connectivity index (χ4v) is 3.86. The summed E-state index contributed by atoms with van der Waals surface area (Å²) in [5.41, 5.74) is 0.622. The van der Waals surface area contributed by atoms with Gasteiger partial charge in [-0.15, -0.1) is 0 Å². The summed E-state index contributed by atoms with van der Waals surface area (Å²) in [6.07, 6.45) is 3.21. The molecular weight excluding hydrogens is 440 g/mol. The zero-order valence-corrected chi connectivity index (χ0v) is 22.7. The second-order valence-corrected chi connectivity index (χ2v) is 14.7. The van der Waals surface area contributed by atoms with Crippen LogP contribution >= 0.6 is 12.2 Å². The summed E-state index contributed by atoms with van der Waals surface area (Å²) in [6.45, 7) is 17.6. The van der Waals surface area contributed by atoms with Crippen molar-refractivity contribution in [2.24, 2.45) is 5.92 Å². The van der Waals surface area contributed by atoms with Gasteiger partial charge in [-0.2, -0.15) is 0 Å². The smallest absolute Gasteiger partial charge is 0.358 e. The Morgan fingerprint density at radius 2 is 1.81 bits per heavy atom. The predicted octanol–water partition coefficient (Wildman–Crippen LogP) is 6.68. The molecule has 1 aromatic carbocycles. The molecule has 1 rings (SSSR count). The molecule has 0 saturated heterocycles. The second-order valence-electron chi connectivity index (χ2n) is 9.55. The van der Waals surface area contributed by atoms with Crippen LogP contribution in [0.4, 0.5) is 0 Å². The molecule has 180 valence electrons. The van der Waals surface area contributed by atoms with Crippen LogP contribution in [0, 0.1) is 5.92 Å². The number of rotatable bonds is 11. The van der Waals surface area contributed by atoms with E-state index in [0.717, 1.165) is 12.8 Å². The van der Waals surface area contributed by atoms with E-state index in [-0.39, 0.29) is 28.3 Å². The summed E-state index contributed by atoms with van der Waals surface area (Å²) >= 11 is 5.37. The quantitative estimate of drug-likeness (QED) is 0.152. The monoisotopic (exact) mass is 480 g/mol. The third-order valence-corrected chi connectivity index (χ3v) is 10.6. The number of esters is 1. The highest BCUT2D eigenvalue weighted by atomic mass is 32.1. The van der Waals surface area contributed by atoms with Gasteiger partial charge in [0.15, 0.2) is 8.32 Å². The SMILES string of the molecule is CCOC(=O)/C(C)=C/CC[C@H](C)[C@@H](CO[Si](C)(C)C(C)(C)C)OC(=S)Oc1ccccc1. The van der Waals surface area contributed by atoms with Gasteiger partial charge in [0.1, 0.15) is 11.9 Å². The van der Waals surface area contributed by atoms with E-state index < -0.39 is 8.32 Å². The molecule has 0 aliphatic rings. The molecule has 0 heterocycles. The number of carbonyl (C=O) groups is 1. The lowest BCUT2D eigenvalue weighted by Gasteiger charge is -2.38. The molecule has 0 saturated carbocycles. The Morgan fingerprint density at radius 3 is 2.38 bits per heavy atom. The van der Waals surface area contributed by atoms with Crippen molar-refractivity contribution in [1.82, 2.24) is 0 Å². The Hall–Kier alpha value is -1.70. The summed E-state index contributed by atoms with van der Waals surface area (Å²) < 4.78 is 23.2. The van der Waals surface area contributed by atoms with Crippen LogP contribution in [0.15, 0.2) is 42.0 Å². The first-order chi connectivity index (χ1) is 14.9. The zero-order chi connectivity index (χ0) is 24.4. The van der Waals surface area contributed by atoms with E-state index in [9.17, 15) is 4.79 Å². The van der Waals surface area contributed by atoms with Gasteiger partial charge in [-0.05, 0) is 62.9 Å². The second kappa shape index (κ2) is 13.1. The van der Waals surface area contributed by atoms with Gasteiger partial charge in [0.25, 0.3) is 0 Å². The van der Waals surface area contributed by atoms with Crippen molar-refractivity contribution in [3.05, 3.63) is 42.0 Å². The van der Waals surface area contributed by atoms with Crippen LogP contribution in [-0.2, 0) is 18.7 Å². The van der Waals surface area contributed by atoms with Gasteiger partial charge in [-0.1, -0.05) is 52.0 Å². The van der Waals surface area contributed by atoms with Crippen LogP contribution in [0.25, 0.3) is 0 Å². The van der Waals surface area contributed by atoms with Gasteiger partial charge < -0.3 is 18.6 Å². The van der Waals surface area contributed by atoms with Crippen molar-refractivity contribution in [2.45, 2.75) is 78.6 Å². The molecule has 0 aromatic heterocycles. The molecule has 0 N–H and O–H groups in total. The van der Waals surface area contributed by atoms with Crippen molar-refractivity contribution in [3.63, 3.8) is 0 Å². The van der Waals surface area contributed by atoms with Gasteiger partial charge in [0, 0.05) is 17.8 Å². The van der Waals surface area contributed by atoms with E-state index in [0.29, 0.717) is 24.5 Å². The Kier molecular flexibility index (Phi) is 11.6. The summed E-state index contributed by atoms with van der Waals surface area (Å²) in [7, 11) is -1.95. The average Bonchev–Trinajstić information content (AvgIpc) is 2.70. The minimum atomic E-state index is -1.95. The first-order valence-electron chi connectivity index (χ1n) is 11.3. The van der Waals surface area contributed by atoms with Crippen molar-refractivity contribution in [2.75, 3.05) is 13.2 Å². The van der Waals surface area contributed by atoms with Crippen molar-refractivity contribution < 1.29 is 23.4 Å². The molecule has 2 atom stereocenters. The van der Waals surface area contributed by atoms with E-state index in [2.05, 4.69) is 40.8 Å². The van der Waals surface area contributed by atoms with E-state index in [1.54, 1.807) is 13.8 Å². The zero-order valence-electron chi connectivity index (χ0n) is 20.9. The van der Waals surface area contributed by atoms with E-state index in [4.69, 9.17) is 30.9 Å². The lowest BCUT2D eigenvalue weighted by Crippen LogP contribution is -2.44.